The zero-order chi connectivity index (χ0) is 23.4. The van der Waals surface area contributed by atoms with Gasteiger partial charge in [0.1, 0.15) is 5.75 Å². The summed E-state index contributed by atoms with van der Waals surface area (Å²) in [5.74, 6) is 2.13. The quantitative estimate of drug-likeness (QED) is 0.459. The monoisotopic (exact) mass is 449 g/mol. The van der Waals surface area contributed by atoms with Gasteiger partial charge in [-0.1, -0.05) is 78.9 Å². The van der Waals surface area contributed by atoms with Crippen molar-refractivity contribution in [3.05, 3.63) is 107 Å². The number of ether oxygens (including phenoxy) is 1. The number of methoxy groups -OCH3 is 1. The van der Waals surface area contributed by atoms with Crippen LogP contribution < -0.4 is 4.74 Å². The van der Waals surface area contributed by atoms with E-state index in [2.05, 4.69) is 66.9 Å². The number of likely N-dealkylation sites (tertiary alicyclic amines) is 1. The molecule has 0 N–H and O–H groups in total. The first-order valence-electron chi connectivity index (χ1n) is 12.3. The van der Waals surface area contributed by atoms with Crippen molar-refractivity contribution < 1.29 is 9.53 Å². The maximum absolute atomic E-state index is 13.7. The molecule has 0 spiro atoms. The summed E-state index contributed by atoms with van der Waals surface area (Å²) < 4.78 is 5.51. The second kappa shape index (κ2) is 7.87. The molecule has 7 rings (SSSR count). The van der Waals surface area contributed by atoms with E-state index in [4.69, 9.17) is 4.74 Å². The zero-order valence-electron chi connectivity index (χ0n) is 20.0. The second-order valence-corrected chi connectivity index (χ2v) is 10.2. The van der Waals surface area contributed by atoms with Crippen LogP contribution in [0.4, 0.5) is 0 Å². The zero-order valence-corrected chi connectivity index (χ0v) is 20.0. The Bertz CT molecular complexity index is 1280. The average molecular weight is 450 g/mol. The van der Waals surface area contributed by atoms with Gasteiger partial charge in [-0.3, -0.25) is 4.79 Å². The lowest BCUT2D eigenvalue weighted by Crippen LogP contribution is -2.51. The third-order valence-corrected chi connectivity index (χ3v) is 8.75. The van der Waals surface area contributed by atoms with Crippen LogP contribution in [-0.4, -0.2) is 31.0 Å². The van der Waals surface area contributed by atoms with Gasteiger partial charge in [-0.2, -0.15) is 0 Å². The molecular weight excluding hydrogens is 418 g/mol. The van der Waals surface area contributed by atoms with Gasteiger partial charge in [0.25, 0.3) is 5.91 Å². The summed E-state index contributed by atoms with van der Waals surface area (Å²) in [6.07, 6.45) is 2.33. The highest BCUT2D eigenvalue weighted by molar-refractivity contribution is 6.19. The van der Waals surface area contributed by atoms with Gasteiger partial charge in [-0.15, -0.1) is 0 Å². The molecule has 3 aromatic carbocycles. The summed E-state index contributed by atoms with van der Waals surface area (Å²) in [6, 6.07) is 25.8. The van der Waals surface area contributed by atoms with Crippen LogP contribution >= 0.6 is 0 Å². The van der Waals surface area contributed by atoms with Gasteiger partial charge < -0.3 is 9.64 Å². The molecule has 4 unspecified atom stereocenters. The SMILES string of the molecule is C=C(C(=O)N1CC2C3CCC(c4ccc(C)cc4)(c4ccccc43)C2C1)c1ccccc1OC. The lowest BCUT2D eigenvalue weighted by atomic mass is 9.47. The van der Waals surface area contributed by atoms with E-state index in [1.165, 1.54) is 28.7 Å². The van der Waals surface area contributed by atoms with Crippen molar-refractivity contribution >= 4 is 11.5 Å². The highest BCUT2D eigenvalue weighted by Gasteiger charge is 2.60. The van der Waals surface area contributed by atoms with Gasteiger partial charge in [0, 0.05) is 29.6 Å². The molecule has 3 nitrogen and oxygen atoms in total. The van der Waals surface area contributed by atoms with Gasteiger partial charge in [-0.05, 0) is 60.3 Å². The van der Waals surface area contributed by atoms with Crippen LogP contribution in [0.25, 0.3) is 5.57 Å². The maximum atomic E-state index is 13.7. The highest BCUT2D eigenvalue weighted by Crippen LogP contribution is 2.63. The molecule has 0 aromatic heterocycles. The number of fused-ring (bicyclic) bond motifs is 1. The summed E-state index contributed by atoms with van der Waals surface area (Å²) >= 11 is 0. The molecule has 34 heavy (non-hydrogen) atoms. The number of carbonyl (C=O) groups is 1. The molecule has 3 aromatic rings. The molecule has 172 valence electrons. The largest absolute Gasteiger partial charge is 0.496 e. The number of benzene rings is 3. The van der Waals surface area contributed by atoms with Gasteiger partial charge in [0.15, 0.2) is 0 Å². The number of para-hydroxylation sites is 1. The van der Waals surface area contributed by atoms with Gasteiger partial charge >= 0.3 is 0 Å². The fraction of sp³-hybridized carbons (Fsp3) is 0.323. The summed E-state index contributed by atoms with van der Waals surface area (Å²) in [4.78, 5) is 15.8. The van der Waals surface area contributed by atoms with Crippen molar-refractivity contribution in [3.8, 4) is 5.75 Å². The van der Waals surface area contributed by atoms with Gasteiger partial charge in [0.2, 0.25) is 0 Å². The summed E-state index contributed by atoms with van der Waals surface area (Å²) in [5.41, 5.74) is 6.92. The second-order valence-electron chi connectivity index (χ2n) is 10.2. The highest BCUT2D eigenvalue weighted by atomic mass is 16.5. The normalized spacial score (nSPS) is 26.6. The third kappa shape index (κ3) is 2.92. The van der Waals surface area contributed by atoms with Crippen LogP contribution in [0.2, 0.25) is 0 Å². The lowest BCUT2D eigenvalue weighted by Gasteiger charge is -2.55. The Balaban J connectivity index is 1.40. The molecule has 1 heterocycles. The first kappa shape index (κ1) is 21.2. The molecule has 3 aliphatic carbocycles. The van der Waals surface area contributed by atoms with Gasteiger partial charge in [0.05, 0.1) is 7.11 Å². The van der Waals surface area contributed by atoms with E-state index < -0.39 is 0 Å². The minimum atomic E-state index is -0.0372. The number of carbonyl (C=O) groups excluding carboxylic acids is 1. The minimum Gasteiger partial charge on any atom is -0.496 e. The molecule has 0 radical (unpaired) electrons. The summed E-state index contributed by atoms with van der Waals surface area (Å²) in [5, 5.41) is 0. The molecule has 4 atom stereocenters. The predicted octanol–water partition coefficient (Wildman–Crippen LogP) is 5.97. The molecular formula is C31H31NO2. The van der Waals surface area contributed by atoms with Crippen molar-refractivity contribution in [2.45, 2.75) is 31.1 Å². The van der Waals surface area contributed by atoms with Crippen LogP contribution in [0.5, 0.6) is 5.75 Å². The topological polar surface area (TPSA) is 29.5 Å². The molecule has 1 aliphatic heterocycles. The first-order valence-corrected chi connectivity index (χ1v) is 12.3. The Morgan fingerprint density at radius 1 is 1.00 bits per heavy atom. The third-order valence-electron chi connectivity index (χ3n) is 8.75. The van der Waals surface area contributed by atoms with Crippen LogP contribution in [-0.2, 0) is 10.2 Å². The van der Waals surface area contributed by atoms with E-state index in [0.717, 1.165) is 25.1 Å². The number of hydrogen-bond donors (Lipinski definition) is 0. The van der Waals surface area contributed by atoms with E-state index in [0.29, 0.717) is 29.1 Å². The van der Waals surface area contributed by atoms with Crippen LogP contribution in [0.3, 0.4) is 0 Å². The fourth-order valence-electron chi connectivity index (χ4n) is 7.22. The molecule has 2 bridgehead atoms. The fourth-order valence-corrected chi connectivity index (χ4v) is 7.22. The Hall–Kier alpha value is -3.33. The summed E-state index contributed by atoms with van der Waals surface area (Å²) in [6.45, 7) is 7.92. The first-order chi connectivity index (χ1) is 16.5. The number of hydrogen-bond acceptors (Lipinski definition) is 2. The summed E-state index contributed by atoms with van der Waals surface area (Å²) in [7, 11) is 1.64. The van der Waals surface area contributed by atoms with E-state index in [-0.39, 0.29) is 11.3 Å². The number of nitrogens with zero attached hydrogens (tertiary/aromatic N) is 1. The predicted molar refractivity (Wildman–Crippen MR) is 136 cm³/mol. The molecule has 2 fully saturated rings. The molecule has 1 saturated heterocycles. The molecule has 3 heteroatoms. The van der Waals surface area contributed by atoms with Crippen molar-refractivity contribution in [1.29, 1.82) is 0 Å². The number of amides is 1. The number of rotatable bonds is 4. The Labute approximate surface area is 202 Å². The van der Waals surface area contributed by atoms with Crippen LogP contribution in [0.1, 0.15) is 46.6 Å². The number of aryl methyl sites for hydroxylation is 1. The minimum absolute atomic E-state index is 0.0291. The van der Waals surface area contributed by atoms with Gasteiger partial charge in [-0.25, -0.2) is 0 Å². The van der Waals surface area contributed by atoms with E-state index in [9.17, 15) is 4.79 Å². The van der Waals surface area contributed by atoms with E-state index in [1.807, 2.05) is 24.3 Å². The molecule has 1 saturated carbocycles. The smallest absolute Gasteiger partial charge is 0.254 e. The molecule has 4 aliphatic rings. The maximum Gasteiger partial charge on any atom is 0.254 e. The lowest BCUT2D eigenvalue weighted by molar-refractivity contribution is -0.124. The molecule has 1 amide bonds. The Kier molecular flexibility index (Phi) is 4.91. The average Bonchev–Trinajstić information content (AvgIpc) is 3.36. The van der Waals surface area contributed by atoms with Crippen molar-refractivity contribution in [2.75, 3.05) is 20.2 Å². The van der Waals surface area contributed by atoms with Crippen LogP contribution in [0, 0.1) is 18.8 Å². The van der Waals surface area contributed by atoms with Crippen molar-refractivity contribution in [3.63, 3.8) is 0 Å². The van der Waals surface area contributed by atoms with Crippen LogP contribution in [0.15, 0.2) is 79.4 Å². The Morgan fingerprint density at radius 3 is 2.53 bits per heavy atom. The standard InChI is InChI=1S/C31H31NO2/c1-20-12-14-22(15-13-20)31-17-16-24(25-9-4-6-10-27(25)31)26-18-32(19-28(26)31)30(33)21(2)23-8-5-7-11-29(23)34-3/h4-15,24,26,28H,2,16-19H2,1,3H3. The van der Waals surface area contributed by atoms with Crippen molar-refractivity contribution in [2.24, 2.45) is 11.8 Å². The van der Waals surface area contributed by atoms with Crippen molar-refractivity contribution in [1.82, 2.24) is 4.90 Å². The van der Waals surface area contributed by atoms with E-state index in [1.54, 1.807) is 7.11 Å². The Morgan fingerprint density at radius 2 is 1.74 bits per heavy atom. The van der Waals surface area contributed by atoms with E-state index >= 15 is 0 Å².